The molecular weight excluding hydrogens is 200 g/mol. The summed E-state index contributed by atoms with van der Waals surface area (Å²) in [6.45, 7) is 9.52. The molecule has 0 bridgehead atoms. The van der Waals surface area contributed by atoms with Crippen molar-refractivity contribution in [2.45, 2.75) is 65.0 Å². The van der Waals surface area contributed by atoms with E-state index in [1.54, 1.807) is 0 Å². The second kappa shape index (κ2) is 5.67. The topological polar surface area (TPSA) is 41.1 Å². The lowest BCUT2D eigenvalue weighted by atomic mass is 9.89. The number of carbonyl (C=O) groups excluding carboxylic acids is 1. The zero-order valence-electron chi connectivity index (χ0n) is 11.1. The molecule has 1 heterocycles. The van der Waals surface area contributed by atoms with Gasteiger partial charge in [0.05, 0.1) is 0 Å². The van der Waals surface area contributed by atoms with E-state index in [1.807, 2.05) is 0 Å². The molecule has 2 atom stereocenters. The predicted octanol–water partition coefficient (Wildman–Crippen LogP) is 2.07. The van der Waals surface area contributed by atoms with Gasteiger partial charge < -0.3 is 10.6 Å². The molecule has 2 N–H and O–H groups in total. The standard InChI is InChI=1S/C13H26N2O/c1-5-13(4,6-2)15-12(16)11-7-8-14-10(3)9-11/h10-11,14H,5-9H2,1-4H3,(H,15,16)/t10-,11-/m0/s1. The highest BCUT2D eigenvalue weighted by atomic mass is 16.2. The van der Waals surface area contributed by atoms with Crippen LogP contribution in [-0.4, -0.2) is 24.0 Å². The summed E-state index contributed by atoms with van der Waals surface area (Å²) >= 11 is 0. The van der Waals surface area contributed by atoms with Crippen LogP contribution in [0.2, 0.25) is 0 Å². The molecule has 0 aromatic rings. The summed E-state index contributed by atoms with van der Waals surface area (Å²) in [7, 11) is 0. The fraction of sp³-hybridized carbons (Fsp3) is 0.923. The predicted molar refractivity (Wildman–Crippen MR) is 67.3 cm³/mol. The van der Waals surface area contributed by atoms with Crippen molar-refractivity contribution in [2.24, 2.45) is 5.92 Å². The van der Waals surface area contributed by atoms with E-state index in [2.05, 4.69) is 38.3 Å². The Hall–Kier alpha value is -0.570. The maximum absolute atomic E-state index is 12.1. The minimum Gasteiger partial charge on any atom is -0.351 e. The van der Waals surface area contributed by atoms with Crippen molar-refractivity contribution in [3.63, 3.8) is 0 Å². The monoisotopic (exact) mass is 226 g/mol. The maximum atomic E-state index is 12.1. The molecule has 1 fully saturated rings. The summed E-state index contributed by atoms with van der Waals surface area (Å²) in [6, 6.07) is 0.471. The van der Waals surface area contributed by atoms with Crippen molar-refractivity contribution in [3.8, 4) is 0 Å². The lowest BCUT2D eigenvalue weighted by molar-refractivity contribution is -0.128. The highest BCUT2D eigenvalue weighted by Crippen LogP contribution is 2.20. The molecule has 1 rings (SSSR count). The second-order valence-corrected chi connectivity index (χ2v) is 5.33. The van der Waals surface area contributed by atoms with E-state index in [1.165, 1.54) is 0 Å². The fourth-order valence-corrected chi connectivity index (χ4v) is 2.20. The molecule has 0 radical (unpaired) electrons. The van der Waals surface area contributed by atoms with Gasteiger partial charge in [-0.1, -0.05) is 13.8 Å². The average molecular weight is 226 g/mol. The first-order valence-electron chi connectivity index (χ1n) is 6.56. The summed E-state index contributed by atoms with van der Waals surface area (Å²) < 4.78 is 0. The lowest BCUT2D eigenvalue weighted by Crippen LogP contribution is -2.50. The summed E-state index contributed by atoms with van der Waals surface area (Å²) in [5.74, 6) is 0.452. The van der Waals surface area contributed by atoms with Crippen molar-refractivity contribution in [3.05, 3.63) is 0 Å². The van der Waals surface area contributed by atoms with Crippen LogP contribution in [0.25, 0.3) is 0 Å². The summed E-state index contributed by atoms with van der Waals surface area (Å²) in [5, 5.41) is 6.59. The molecule has 3 heteroatoms. The third-order valence-corrected chi connectivity index (χ3v) is 3.98. The average Bonchev–Trinajstić information content (AvgIpc) is 2.29. The van der Waals surface area contributed by atoms with E-state index >= 15 is 0 Å². The van der Waals surface area contributed by atoms with Gasteiger partial charge in [0.25, 0.3) is 0 Å². The summed E-state index contributed by atoms with van der Waals surface area (Å²) in [5.41, 5.74) is -0.0226. The molecule has 0 spiro atoms. The molecule has 16 heavy (non-hydrogen) atoms. The second-order valence-electron chi connectivity index (χ2n) is 5.33. The van der Waals surface area contributed by atoms with E-state index in [4.69, 9.17) is 0 Å². The first-order valence-corrected chi connectivity index (χ1v) is 6.56. The highest BCUT2D eigenvalue weighted by Gasteiger charge is 2.29. The van der Waals surface area contributed by atoms with Gasteiger partial charge in [-0.05, 0) is 46.1 Å². The van der Waals surface area contributed by atoms with Crippen LogP contribution >= 0.6 is 0 Å². The van der Waals surface area contributed by atoms with Crippen LogP contribution in [-0.2, 0) is 4.79 Å². The smallest absolute Gasteiger partial charge is 0.223 e. The van der Waals surface area contributed by atoms with Crippen molar-refractivity contribution < 1.29 is 4.79 Å². The zero-order valence-corrected chi connectivity index (χ0v) is 11.1. The third kappa shape index (κ3) is 3.48. The Kier molecular flexibility index (Phi) is 4.78. The van der Waals surface area contributed by atoms with Gasteiger partial charge in [-0.3, -0.25) is 4.79 Å². The van der Waals surface area contributed by atoms with Gasteiger partial charge in [0, 0.05) is 17.5 Å². The van der Waals surface area contributed by atoms with Crippen LogP contribution in [0.1, 0.15) is 53.4 Å². The van der Waals surface area contributed by atoms with Crippen molar-refractivity contribution >= 4 is 5.91 Å². The first kappa shape index (κ1) is 13.5. The van der Waals surface area contributed by atoms with Gasteiger partial charge >= 0.3 is 0 Å². The molecule has 1 aliphatic rings. The van der Waals surface area contributed by atoms with Crippen molar-refractivity contribution in [1.82, 2.24) is 10.6 Å². The maximum Gasteiger partial charge on any atom is 0.223 e. The number of carbonyl (C=O) groups is 1. The quantitative estimate of drug-likeness (QED) is 0.770. The number of nitrogens with one attached hydrogen (secondary N) is 2. The largest absolute Gasteiger partial charge is 0.351 e. The third-order valence-electron chi connectivity index (χ3n) is 3.98. The molecule has 1 aliphatic heterocycles. The van der Waals surface area contributed by atoms with Crippen LogP contribution in [0, 0.1) is 5.92 Å². The summed E-state index contributed by atoms with van der Waals surface area (Å²) in [6.07, 6.45) is 3.93. The van der Waals surface area contributed by atoms with Crippen LogP contribution < -0.4 is 10.6 Å². The van der Waals surface area contributed by atoms with Gasteiger partial charge in [0.2, 0.25) is 5.91 Å². The molecule has 0 saturated carbocycles. The van der Waals surface area contributed by atoms with Gasteiger partial charge in [0.15, 0.2) is 0 Å². The normalized spacial score (nSPS) is 26.5. The van der Waals surface area contributed by atoms with E-state index < -0.39 is 0 Å². The highest BCUT2D eigenvalue weighted by molar-refractivity contribution is 5.79. The molecule has 3 nitrogen and oxygen atoms in total. The Morgan fingerprint density at radius 3 is 2.56 bits per heavy atom. The molecule has 0 aromatic carbocycles. The van der Waals surface area contributed by atoms with Gasteiger partial charge in [-0.2, -0.15) is 0 Å². The Morgan fingerprint density at radius 2 is 2.06 bits per heavy atom. The Labute approximate surface area is 99.4 Å². The van der Waals surface area contributed by atoms with E-state index in [9.17, 15) is 4.79 Å². The Bertz CT molecular complexity index is 236. The number of rotatable bonds is 4. The van der Waals surface area contributed by atoms with E-state index in [0.717, 1.165) is 32.2 Å². The number of hydrogen-bond donors (Lipinski definition) is 2. The minimum atomic E-state index is -0.0226. The Morgan fingerprint density at radius 1 is 1.44 bits per heavy atom. The zero-order chi connectivity index (χ0) is 12.2. The molecule has 94 valence electrons. The van der Waals surface area contributed by atoms with Crippen LogP contribution in [0.4, 0.5) is 0 Å². The van der Waals surface area contributed by atoms with E-state index in [0.29, 0.717) is 6.04 Å². The van der Waals surface area contributed by atoms with Gasteiger partial charge in [0.1, 0.15) is 0 Å². The van der Waals surface area contributed by atoms with Gasteiger partial charge in [-0.15, -0.1) is 0 Å². The van der Waals surface area contributed by atoms with Gasteiger partial charge in [-0.25, -0.2) is 0 Å². The first-order chi connectivity index (χ1) is 7.50. The molecule has 0 aromatic heterocycles. The molecular formula is C13H26N2O. The van der Waals surface area contributed by atoms with Crippen molar-refractivity contribution in [2.75, 3.05) is 6.54 Å². The molecule has 0 unspecified atom stereocenters. The number of hydrogen-bond acceptors (Lipinski definition) is 2. The van der Waals surface area contributed by atoms with Crippen molar-refractivity contribution in [1.29, 1.82) is 0 Å². The number of amides is 1. The summed E-state index contributed by atoms with van der Waals surface area (Å²) in [4.78, 5) is 12.1. The number of piperidine rings is 1. The minimum absolute atomic E-state index is 0.0226. The fourth-order valence-electron chi connectivity index (χ4n) is 2.20. The van der Waals surface area contributed by atoms with Crippen LogP contribution in [0.5, 0.6) is 0 Å². The van der Waals surface area contributed by atoms with Crippen LogP contribution in [0.3, 0.4) is 0 Å². The lowest BCUT2D eigenvalue weighted by Gasteiger charge is -2.33. The molecule has 1 amide bonds. The van der Waals surface area contributed by atoms with E-state index in [-0.39, 0.29) is 17.4 Å². The molecule has 0 aliphatic carbocycles. The Balaban J connectivity index is 2.51. The SMILES string of the molecule is CCC(C)(CC)NC(=O)[C@H]1CCN[C@@H](C)C1. The van der Waals surface area contributed by atoms with Crippen LogP contribution in [0.15, 0.2) is 0 Å². The molecule has 1 saturated heterocycles.